The molecular formula is C33H46ClN3O. The number of aromatic nitrogens is 2. The van der Waals surface area contributed by atoms with Gasteiger partial charge >= 0.3 is 0 Å². The standard InChI is InChI=1S/C33H46ClN3O/c1-2-3-4-5-6-7-8-9-10-11-12-13-14-17-23-36-31-22-16-15-21-30(31)35-33(36)27-24-32(38)37(26-27)29-20-18-19-28(34)25-29/h15-16,18-22,25,27H,2-14,17,23-24,26H2,1H3. The highest BCUT2D eigenvalue weighted by atomic mass is 35.5. The second kappa shape index (κ2) is 15.3. The molecule has 1 saturated heterocycles. The lowest BCUT2D eigenvalue weighted by molar-refractivity contribution is -0.117. The van der Waals surface area contributed by atoms with Crippen LogP contribution in [0.5, 0.6) is 0 Å². The number of amides is 1. The third-order valence-electron chi connectivity index (χ3n) is 8.03. The number of carbonyl (C=O) groups is 1. The highest BCUT2D eigenvalue weighted by Crippen LogP contribution is 2.34. The Kier molecular flexibility index (Phi) is 11.6. The highest BCUT2D eigenvalue weighted by Gasteiger charge is 2.34. The molecule has 4 rings (SSSR count). The third-order valence-corrected chi connectivity index (χ3v) is 8.26. The Morgan fingerprint density at radius 1 is 0.816 bits per heavy atom. The predicted molar refractivity (Wildman–Crippen MR) is 161 cm³/mol. The number of hydrogen-bond acceptors (Lipinski definition) is 2. The maximum Gasteiger partial charge on any atom is 0.227 e. The fourth-order valence-electron chi connectivity index (χ4n) is 5.88. The first-order valence-electron chi connectivity index (χ1n) is 15.2. The largest absolute Gasteiger partial charge is 0.328 e. The molecule has 1 atom stereocenters. The van der Waals surface area contributed by atoms with Crippen molar-refractivity contribution < 1.29 is 4.79 Å². The summed E-state index contributed by atoms with van der Waals surface area (Å²) < 4.78 is 2.38. The molecule has 1 amide bonds. The Bertz CT molecular complexity index is 1140. The van der Waals surface area contributed by atoms with E-state index in [1.165, 1.54) is 89.0 Å². The van der Waals surface area contributed by atoms with Gasteiger partial charge in [-0.05, 0) is 36.8 Å². The smallest absolute Gasteiger partial charge is 0.227 e. The zero-order valence-electron chi connectivity index (χ0n) is 23.3. The monoisotopic (exact) mass is 535 g/mol. The van der Waals surface area contributed by atoms with Crippen LogP contribution in [0.15, 0.2) is 48.5 Å². The van der Waals surface area contributed by atoms with Crippen molar-refractivity contribution in [2.24, 2.45) is 0 Å². The molecule has 38 heavy (non-hydrogen) atoms. The number of aryl methyl sites for hydroxylation is 1. The molecule has 4 nitrogen and oxygen atoms in total. The molecule has 0 spiro atoms. The summed E-state index contributed by atoms with van der Waals surface area (Å²) in [6.07, 6.45) is 19.6. The fraction of sp³-hybridized carbons (Fsp3) is 0.576. The number of hydrogen-bond donors (Lipinski definition) is 0. The van der Waals surface area contributed by atoms with Crippen molar-refractivity contribution in [1.82, 2.24) is 9.55 Å². The summed E-state index contributed by atoms with van der Waals surface area (Å²) >= 11 is 6.20. The van der Waals surface area contributed by atoms with Crippen molar-refractivity contribution in [2.75, 3.05) is 11.4 Å². The number of halogens is 1. The Labute approximate surface area is 234 Å². The number of rotatable bonds is 17. The van der Waals surface area contributed by atoms with Gasteiger partial charge in [-0.25, -0.2) is 4.98 Å². The van der Waals surface area contributed by atoms with E-state index in [4.69, 9.17) is 16.6 Å². The van der Waals surface area contributed by atoms with E-state index >= 15 is 0 Å². The van der Waals surface area contributed by atoms with Crippen molar-refractivity contribution in [3.63, 3.8) is 0 Å². The van der Waals surface area contributed by atoms with Crippen molar-refractivity contribution in [3.05, 3.63) is 59.4 Å². The number of imidazole rings is 1. The van der Waals surface area contributed by atoms with Crippen molar-refractivity contribution in [2.45, 2.75) is 116 Å². The van der Waals surface area contributed by atoms with Gasteiger partial charge < -0.3 is 9.47 Å². The summed E-state index contributed by atoms with van der Waals surface area (Å²) in [6, 6.07) is 16.0. The molecular weight excluding hydrogens is 490 g/mol. The molecule has 0 saturated carbocycles. The number of fused-ring (bicyclic) bond motifs is 1. The van der Waals surface area contributed by atoms with E-state index in [-0.39, 0.29) is 11.8 Å². The first kappa shape index (κ1) is 28.7. The molecule has 2 heterocycles. The van der Waals surface area contributed by atoms with Gasteiger partial charge in [0.25, 0.3) is 0 Å². The van der Waals surface area contributed by atoms with Crippen molar-refractivity contribution in [1.29, 1.82) is 0 Å². The van der Waals surface area contributed by atoms with Crippen LogP contribution in [0.2, 0.25) is 5.02 Å². The Morgan fingerprint density at radius 3 is 2.11 bits per heavy atom. The zero-order valence-corrected chi connectivity index (χ0v) is 24.1. The van der Waals surface area contributed by atoms with Crippen LogP contribution in [-0.4, -0.2) is 22.0 Å². The SMILES string of the molecule is CCCCCCCCCCCCCCCCn1c(C2CC(=O)N(c3cccc(Cl)c3)C2)nc2ccccc21. The average Bonchev–Trinajstić information content (AvgIpc) is 3.49. The minimum absolute atomic E-state index is 0.0977. The molecule has 1 aromatic heterocycles. The average molecular weight is 536 g/mol. The quantitative estimate of drug-likeness (QED) is 0.161. The van der Waals surface area contributed by atoms with Crippen LogP contribution in [-0.2, 0) is 11.3 Å². The van der Waals surface area contributed by atoms with Crippen LogP contribution in [0.4, 0.5) is 5.69 Å². The maximum atomic E-state index is 12.9. The summed E-state index contributed by atoms with van der Waals surface area (Å²) in [4.78, 5) is 19.8. The normalized spacial score (nSPS) is 15.7. The van der Waals surface area contributed by atoms with Crippen molar-refractivity contribution >= 4 is 34.2 Å². The Hall–Kier alpha value is -2.33. The van der Waals surface area contributed by atoms with Crippen LogP contribution in [0.25, 0.3) is 11.0 Å². The van der Waals surface area contributed by atoms with Gasteiger partial charge in [-0.2, -0.15) is 0 Å². The molecule has 0 N–H and O–H groups in total. The number of anilines is 1. The molecule has 2 aromatic carbocycles. The van der Waals surface area contributed by atoms with Crippen LogP contribution >= 0.6 is 11.6 Å². The number of benzene rings is 2. The molecule has 1 unspecified atom stereocenters. The minimum Gasteiger partial charge on any atom is -0.328 e. The third kappa shape index (κ3) is 8.09. The summed E-state index contributed by atoms with van der Waals surface area (Å²) in [6.45, 7) is 3.91. The van der Waals surface area contributed by atoms with E-state index in [2.05, 4.69) is 29.7 Å². The molecule has 206 valence electrons. The fourth-order valence-corrected chi connectivity index (χ4v) is 6.06. The first-order valence-corrected chi connectivity index (χ1v) is 15.6. The Morgan fingerprint density at radius 2 is 1.45 bits per heavy atom. The summed E-state index contributed by atoms with van der Waals surface area (Å²) in [5.74, 6) is 1.30. The van der Waals surface area contributed by atoms with Gasteiger partial charge in [0.05, 0.1) is 11.0 Å². The summed E-state index contributed by atoms with van der Waals surface area (Å²) in [7, 11) is 0. The minimum atomic E-state index is 0.0977. The van der Waals surface area contributed by atoms with E-state index in [0.29, 0.717) is 18.0 Å². The maximum absolute atomic E-state index is 12.9. The summed E-state index contributed by atoms with van der Waals surface area (Å²) in [5, 5.41) is 0.656. The van der Waals surface area contributed by atoms with E-state index in [9.17, 15) is 4.79 Å². The second-order valence-electron chi connectivity index (χ2n) is 11.1. The number of para-hydroxylation sites is 2. The molecule has 0 radical (unpaired) electrons. The Balaban J connectivity index is 1.22. The lowest BCUT2D eigenvalue weighted by atomic mass is 10.0. The van der Waals surface area contributed by atoms with Gasteiger partial charge in [-0.15, -0.1) is 0 Å². The lowest BCUT2D eigenvalue weighted by Crippen LogP contribution is -2.24. The lowest BCUT2D eigenvalue weighted by Gasteiger charge is -2.17. The second-order valence-corrected chi connectivity index (χ2v) is 11.5. The zero-order chi connectivity index (χ0) is 26.6. The van der Waals surface area contributed by atoms with Gasteiger partial charge in [-0.3, -0.25) is 4.79 Å². The first-order chi connectivity index (χ1) is 18.7. The van der Waals surface area contributed by atoms with Gasteiger partial charge in [-0.1, -0.05) is 120 Å². The summed E-state index contributed by atoms with van der Waals surface area (Å²) in [5.41, 5.74) is 3.09. The number of nitrogens with zero attached hydrogens (tertiary/aromatic N) is 3. The van der Waals surface area contributed by atoms with Crippen LogP contribution in [0.3, 0.4) is 0 Å². The number of unbranched alkanes of at least 4 members (excludes halogenated alkanes) is 13. The van der Waals surface area contributed by atoms with Crippen molar-refractivity contribution in [3.8, 4) is 0 Å². The van der Waals surface area contributed by atoms with Gasteiger partial charge in [0, 0.05) is 36.1 Å². The molecule has 1 fully saturated rings. The van der Waals surface area contributed by atoms with E-state index < -0.39 is 0 Å². The molecule has 0 aliphatic carbocycles. The topological polar surface area (TPSA) is 38.1 Å². The highest BCUT2D eigenvalue weighted by molar-refractivity contribution is 6.30. The van der Waals surface area contributed by atoms with E-state index in [0.717, 1.165) is 30.0 Å². The van der Waals surface area contributed by atoms with Crippen LogP contribution in [0.1, 0.15) is 115 Å². The van der Waals surface area contributed by atoms with E-state index in [1.54, 1.807) is 0 Å². The molecule has 5 heteroatoms. The molecule has 3 aromatic rings. The predicted octanol–water partition coefficient (Wildman–Crippen LogP) is 9.69. The van der Waals surface area contributed by atoms with Crippen LogP contribution in [0, 0.1) is 0 Å². The van der Waals surface area contributed by atoms with Gasteiger partial charge in [0.1, 0.15) is 5.82 Å². The number of carbonyl (C=O) groups excluding carboxylic acids is 1. The van der Waals surface area contributed by atoms with Gasteiger partial charge in [0.2, 0.25) is 5.91 Å². The molecule has 1 aliphatic heterocycles. The molecule has 0 bridgehead atoms. The van der Waals surface area contributed by atoms with Crippen LogP contribution < -0.4 is 4.90 Å². The van der Waals surface area contributed by atoms with Gasteiger partial charge in [0.15, 0.2) is 0 Å². The molecule has 1 aliphatic rings. The van der Waals surface area contributed by atoms with E-state index in [1.807, 2.05) is 35.2 Å².